The number of hydrogen-bond acceptors (Lipinski definition) is 6. The van der Waals surface area contributed by atoms with Crippen molar-refractivity contribution >= 4 is 17.4 Å². The van der Waals surface area contributed by atoms with E-state index in [9.17, 15) is 14.7 Å². The third kappa shape index (κ3) is 4.05. The number of aliphatic hydroxyl groups excluding tert-OH is 1. The molecule has 1 amide bonds. The normalized spacial score (nSPS) is 18.7. The van der Waals surface area contributed by atoms with Crippen LogP contribution in [0.15, 0.2) is 46.4 Å². The molecule has 2 aromatic rings. The highest BCUT2D eigenvalue weighted by Crippen LogP contribution is 2.41. The summed E-state index contributed by atoms with van der Waals surface area (Å²) in [5, 5.41) is 11.0. The van der Waals surface area contributed by atoms with Crippen molar-refractivity contribution in [3.05, 3.63) is 59.1 Å². The van der Waals surface area contributed by atoms with E-state index in [2.05, 4.69) is 0 Å². The molecule has 1 unspecified atom stereocenters. The Labute approximate surface area is 170 Å². The standard InChI is InChI=1S/C22H26N2O5/c1-14-10-11-17(29-14)19-18(20(25)15-8-5-6-9-16(15)28-4)21(26)22(27)24(19)13-7-12-23(2)3/h5-6,8-11,19,25H,7,12-13H2,1-4H3/b20-18+. The number of aryl methyl sites for hydroxylation is 1. The zero-order valence-corrected chi connectivity index (χ0v) is 17.1. The summed E-state index contributed by atoms with van der Waals surface area (Å²) < 4.78 is 11.1. The summed E-state index contributed by atoms with van der Waals surface area (Å²) in [4.78, 5) is 29.2. The fourth-order valence-corrected chi connectivity index (χ4v) is 3.55. The molecule has 0 spiro atoms. The zero-order chi connectivity index (χ0) is 21.1. The number of furan rings is 1. The second-order valence-corrected chi connectivity index (χ2v) is 7.30. The van der Waals surface area contributed by atoms with Crippen molar-refractivity contribution in [1.82, 2.24) is 9.80 Å². The molecule has 2 heterocycles. The fraction of sp³-hybridized carbons (Fsp3) is 0.364. The number of ketones is 1. The largest absolute Gasteiger partial charge is 0.507 e. The van der Waals surface area contributed by atoms with E-state index in [1.165, 1.54) is 12.0 Å². The fourth-order valence-electron chi connectivity index (χ4n) is 3.55. The van der Waals surface area contributed by atoms with Crippen molar-refractivity contribution in [2.75, 3.05) is 34.3 Å². The first-order chi connectivity index (χ1) is 13.8. The molecule has 1 fully saturated rings. The molecule has 0 aliphatic carbocycles. The summed E-state index contributed by atoms with van der Waals surface area (Å²) in [5.74, 6) is -0.108. The Morgan fingerprint density at radius 1 is 1.21 bits per heavy atom. The van der Waals surface area contributed by atoms with Crippen LogP contribution in [0.3, 0.4) is 0 Å². The summed E-state index contributed by atoms with van der Waals surface area (Å²) in [6.07, 6.45) is 0.685. The number of benzene rings is 1. The minimum Gasteiger partial charge on any atom is -0.507 e. The minimum atomic E-state index is -0.782. The first kappa shape index (κ1) is 20.7. The number of Topliss-reactive ketones (excluding diaryl/α,β-unsaturated/α-hetero) is 1. The van der Waals surface area contributed by atoms with Crippen LogP contribution in [-0.2, 0) is 9.59 Å². The molecule has 0 radical (unpaired) electrons. The quantitative estimate of drug-likeness (QED) is 0.439. The Kier molecular flexibility index (Phi) is 6.08. The van der Waals surface area contributed by atoms with E-state index in [1.807, 2.05) is 19.0 Å². The molecule has 1 N–H and O–H groups in total. The van der Waals surface area contributed by atoms with Gasteiger partial charge in [-0.3, -0.25) is 9.59 Å². The Balaban J connectivity index is 2.10. The predicted octanol–water partition coefficient (Wildman–Crippen LogP) is 2.97. The minimum absolute atomic E-state index is 0.0127. The van der Waals surface area contributed by atoms with Crippen LogP contribution < -0.4 is 4.74 Å². The van der Waals surface area contributed by atoms with E-state index in [1.54, 1.807) is 43.3 Å². The molecule has 1 aromatic carbocycles. The number of nitrogens with zero attached hydrogens (tertiary/aromatic N) is 2. The van der Waals surface area contributed by atoms with Crippen LogP contribution in [0, 0.1) is 6.92 Å². The van der Waals surface area contributed by atoms with Crippen LogP contribution in [0.5, 0.6) is 5.75 Å². The van der Waals surface area contributed by atoms with Gasteiger partial charge in [-0.1, -0.05) is 12.1 Å². The maximum atomic E-state index is 12.9. The van der Waals surface area contributed by atoms with Gasteiger partial charge in [-0.05, 0) is 58.3 Å². The maximum absolute atomic E-state index is 12.9. The number of carbonyl (C=O) groups is 2. The third-order valence-electron chi connectivity index (χ3n) is 4.94. The average molecular weight is 398 g/mol. The van der Waals surface area contributed by atoms with Gasteiger partial charge in [-0.2, -0.15) is 0 Å². The first-order valence-electron chi connectivity index (χ1n) is 9.48. The summed E-state index contributed by atoms with van der Waals surface area (Å²) in [7, 11) is 5.38. The Bertz CT molecular complexity index is 944. The molecule has 7 nitrogen and oxygen atoms in total. The van der Waals surface area contributed by atoms with Gasteiger partial charge < -0.3 is 24.1 Å². The van der Waals surface area contributed by atoms with Gasteiger partial charge in [0.2, 0.25) is 0 Å². The van der Waals surface area contributed by atoms with Crippen LogP contribution in [-0.4, -0.2) is 60.9 Å². The van der Waals surface area contributed by atoms with Crippen molar-refractivity contribution in [3.8, 4) is 5.75 Å². The van der Waals surface area contributed by atoms with Gasteiger partial charge >= 0.3 is 0 Å². The Morgan fingerprint density at radius 2 is 1.93 bits per heavy atom. The highest BCUT2D eigenvalue weighted by molar-refractivity contribution is 6.46. The van der Waals surface area contributed by atoms with Crippen LogP contribution >= 0.6 is 0 Å². The molecule has 0 saturated carbocycles. The molecular formula is C22H26N2O5. The van der Waals surface area contributed by atoms with Crippen molar-refractivity contribution in [2.45, 2.75) is 19.4 Å². The summed E-state index contributed by atoms with van der Waals surface area (Å²) in [6, 6.07) is 9.57. The Morgan fingerprint density at radius 3 is 2.55 bits per heavy atom. The molecule has 1 aliphatic heterocycles. The highest BCUT2D eigenvalue weighted by atomic mass is 16.5. The van der Waals surface area contributed by atoms with Gasteiger partial charge in [0.25, 0.3) is 11.7 Å². The molecule has 1 atom stereocenters. The highest BCUT2D eigenvalue weighted by Gasteiger charge is 2.47. The van der Waals surface area contributed by atoms with E-state index in [0.29, 0.717) is 35.8 Å². The molecular weight excluding hydrogens is 372 g/mol. The van der Waals surface area contributed by atoms with E-state index in [4.69, 9.17) is 9.15 Å². The number of methoxy groups -OCH3 is 1. The van der Waals surface area contributed by atoms with Crippen LogP contribution in [0.1, 0.15) is 29.5 Å². The zero-order valence-electron chi connectivity index (χ0n) is 17.1. The number of aliphatic hydroxyl groups is 1. The molecule has 1 aromatic heterocycles. The molecule has 1 saturated heterocycles. The van der Waals surface area contributed by atoms with Gasteiger partial charge in [-0.15, -0.1) is 0 Å². The van der Waals surface area contributed by atoms with E-state index >= 15 is 0 Å². The molecule has 3 rings (SSSR count). The van der Waals surface area contributed by atoms with Crippen molar-refractivity contribution < 1.29 is 23.8 Å². The first-order valence-corrected chi connectivity index (χ1v) is 9.48. The molecule has 1 aliphatic rings. The lowest BCUT2D eigenvalue weighted by Crippen LogP contribution is -2.32. The SMILES string of the molecule is COc1ccccc1/C(O)=C1\C(=O)C(=O)N(CCCN(C)C)C1c1ccc(C)o1. The van der Waals surface area contributed by atoms with Crippen molar-refractivity contribution in [2.24, 2.45) is 0 Å². The van der Waals surface area contributed by atoms with Crippen molar-refractivity contribution in [1.29, 1.82) is 0 Å². The van der Waals surface area contributed by atoms with Crippen LogP contribution in [0.2, 0.25) is 0 Å². The van der Waals surface area contributed by atoms with E-state index < -0.39 is 17.7 Å². The summed E-state index contributed by atoms with van der Waals surface area (Å²) in [5.41, 5.74) is 0.369. The third-order valence-corrected chi connectivity index (χ3v) is 4.94. The van der Waals surface area contributed by atoms with Gasteiger partial charge in [0.05, 0.1) is 18.2 Å². The number of carbonyl (C=O) groups excluding carboxylic acids is 2. The summed E-state index contributed by atoms with van der Waals surface area (Å²) >= 11 is 0. The predicted molar refractivity (Wildman–Crippen MR) is 109 cm³/mol. The van der Waals surface area contributed by atoms with Crippen molar-refractivity contribution in [3.63, 3.8) is 0 Å². The van der Waals surface area contributed by atoms with Gasteiger partial charge in [0, 0.05) is 6.54 Å². The molecule has 29 heavy (non-hydrogen) atoms. The number of para-hydroxylation sites is 1. The number of hydrogen-bond donors (Lipinski definition) is 1. The summed E-state index contributed by atoms with van der Waals surface area (Å²) in [6.45, 7) is 2.93. The lowest BCUT2D eigenvalue weighted by atomic mass is 9.99. The molecule has 7 heteroatoms. The maximum Gasteiger partial charge on any atom is 0.295 e. The lowest BCUT2D eigenvalue weighted by molar-refractivity contribution is -0.140. The van der Waals surface area contributed by atoms with E-state index in [-0.39, 0.29) is 11.3 Å². The number of amides is 1. The second kappa shape index (κ2) is 8.53. The second-order valence-electron chi connectivity index (χ2n) is 7.30. The number of likely N-dealkylation sites (tertiary alicyclic amines) is 1. The molecule has 154 valence electrons. The van der Waals surface area contributed by atoms with Crippen LogP contribution in [0.25, 0.3) is 5.76 Å². The van der Waals surface area contributed by atoms with Gasteiger partial charge in [-0.25, -0.2) is 0 Å². The van der Waals surface area contributed by atoms with Gasteiger partial charge in [0.1, 0.15) is 29.1 Å². The van der Waals surface area contributed by atoms with Crippen LogP contribution in [0.4, 0.5) is 0 Å². The monoisotopic (exact) mass is 398 g/mol. The van der Waals surface area contributed by atoms with E-state index in [0.717, 1.165) is 6.54 Å². The number of rotatable bonds is 7. The Hall–Kier alpha value is -3.06. The molecule has 0 bridgehead atoms. The number of ether oxygens (including phenoxy) is 1. The lowest BCUT2D eigenvalue weighted by Gasteiger charge is -2.24. The average Bonchev–Trinajstić information content (AvgIpc) is 3.23. The van der Waals surface area contributed by atoms with Gasteiger partial charge in [0.15, 0.2) is 0 Å². The smallest absolute Gasteiger partial charge is 0.295 e. The topological polar surface area (TPSA) is 83.2 Å².